The number of aromatic nitrogens is 3. The minimum Gasteiger partial charge on any atom is -0.490 e. The third-order valence-electron chi connectivity index (χ3n) is 4.83. The molecule has 0 radical (unpaired) electrons. The van der Waals surface area contributed by atoms with Crippen LogP contribution < -0.4 is 10.1 Å². The van der Waals surface area contributed by atoms with Gasteiger partial charge >= 0.3 is 0 Å². The van der Waals surface area contributed by atoms with Gasteiger partial charge in [0.15, 0.2) is 11.6 Å². The molecule has 0 aliphatic heterocycles. The van der Waals surface area contributed by atoms with Crippen molar-refractivity contribution < 1.29 is 13.9 Å². The first-order valence-electron chi connectivity index (χ1n) is 10.4. The second kappa shape index (κ2) is 10.3. The van der Waals surface area contributed by atoms with Crippen molar-refractivity contribution in [3.05, 3.63) is 102 Å². The average molecular weight is 430 g/mol. The molecule has 2 aromatic heterocycles. The summed E-state index contributed by atoms with van der Waals surface area (Å²) in [6, 6.07) is 19.9. The minimum absolute atomic E-state index is 0.208. The molecule has 4 rings (SSSR count). The summed E-state index contributed by atoms with van der Waals surface area (Å²) in [4.78, 5) is 17.1. The summed E-state index contributed by atoms with van der Waals surface area (Å²) >= 11 is 0. The number of amides is 1. The summed E-state index contributed by atoms with van der Waals surface area (Å²) in [5, 5.41) is 7.54. The molecule has 4 aromatic rings. The number of hydrogen-bond acceptors (Lipinski definition) is 4. The number of halogens is 1. The molecule has 0 unspecified atom stereocenters. The summed E-state index contributed by atoms with van der Waals surface area (Å²) in [6.45, 7) is 1.24. The maximum atomic E-state index is 13.6. The van der Waals surface area contributed by atoms with Crippen LogP contribution >= 0.6 is 0 Å². The van der Waals surface area contributed by atoms with Crippen molar-refractivity contribution in [3.8, 4) is 17.0 Å². The lowest BCUT2D eigenvalue weighted by Gasteiger charge is -2.08. The van der Waals surface area contributed by atoms with E-state index in [2.05, 4.69) is 15.4 Å². The lowest BCUT2D eigenvalue weighted by molar-refractivity contribution is 0.0952. The summed E-state index contributed by atoms with van der Waals surface area (Å²) in [6.07, 6.45) is 5.66. The smallest absolute Gasteiger partial charge is 0.255 e. The molecule has 0 saturated heterocycles. The molecule has 2 heterocycles. The highest BCUT2D eigenvalue weighted by Crippen LogP contribution is 2.22. The standard InChI is InChI=1S/C25H23FN4O2/c26-22-11-4-5-12-23(22)32-15-7-14-28-25(31)21-18-30(17-19-8-2-1-3-9-19)29-24(21)20-10-6-13-27-16-20/h1-6,8-13,16,18H,7,14-15,17H2,(H,28,31). The minimum atomic E-state index is -0.400. The number of pyridine rings is 1. The van der Waals surface area contributed by atoms with Crippen molar-refractivity contribution in [3.63, 3.8) is 0 Å². The number of rotatable bonds is 9. The van der Waals surface area contributed by atoms with E-state index in [-0.39, 0.29) is 11.7 Å². The molecule has 2 aromatic carbocycles. The Morgan fingerprint density at radius 1 is 1.03 bits per heavy atom. The first-order chi connectivity index (χ1) is 15.7. The summed E-state index contributed by atoms with van der Waals surface area (Å²) < 4.78 is 20.8. The van der Waals surface area contributed by atoms with Crippen LogP contribution in [0.1, 0.15) is 22.3 Å². The van der Waals surface area contributed by atoms with Crippen LogP contribution in [-0.4, -0.2) is 33.8 Å². The van der Waals surface area contributed by atoms with Gasteiger partial charge < -0.3 is 10.1 Å². The Balaban J connectivity index is 1.41. The van der Waals surface area contributed by atoms with E-state index in [1.54, 1.807) is 41.5 Å². The summed E-state index contributed by atoms with van der Waals surface area (Å²) in [5.41, 5.74) is 2.91. The largest absolute Gasteiger partial charge is 0.490 e. The molecule has 0 fully saturated rings. The molecule has 0 aliphatic rings. The fraction of sp³-hybridized carbons (Fsp3) is 0.160. The van der Waals surface area contributed by atoms with Crippen LogP contribution in [0, 0.1) is 5.82 Å². The van der Waals surface area contributed by atoms with E-state index in [1.165, 1.54) is 6.07 Å². The highest BCUT2D eigenvalue weighted by Gasteiger charge is 2.18. The topological polar surface area (TPSA) is 69.0 Å². The highest BCUT2D eigenvalue weighted by atomic mass is 19.1. The van der Waals surface area contributed by atoms with Gasteiger partial charge in [-0.15, -0.1) is 0 Å². The van der Waals surface area contributed by atoms with Crippen LogP contribution in [0.3, 0.4) is 0 Å². The van der Waals surface area contributed by atoms with E-state index in [4.69, 9.17) is 4.74 Å². The van der Waals surface area contributed by atoms with Crippen LogP contribution in [0.15, 0.2) is 85.3 Å². The number of ether oxygens (including phenoxy) is 1. The fourth-order valence-corrected chi connectivity index (χ4v) is 3.27. The lowest BCUT2D eigenvalue weighted by Crippen LogP contribution is -2.25. The van der Waals surface area contributed by atoms with E-state index in [9.17, 15) is 9.18 Å². The lowest BCUT2D eigenvalue weighted by atomic mass is 10.1. The van der Waals surface area contributed by atoms with Crippen molar-refractivity contribution in [2.24, 2.45) is 0 Å². The SMILES string of the molecule is O=C(NCCCOc1ccccc1F)c1cn(Cc2ccccc2)nc1-c1cccnc1. The van der Waals surface area contributed by atoms with Crippen molar-refractivity contribution in [1.82, 2.24) is 20.1 Å². The number of carbonyl (C=O) groups excluding carboxylic acids is 1. The Bertz CT molecular complexity index is 1160. The molecular formula is C25H23FN4O2. The van der Waals surface area contributed by atoms with Gasteiger partial charge in [-0.25, -0.2) is 4.39 Å². The van der Waals surface area contributed by atoms with Gasteiger partial charge in [-0.05, 0) is 36.2 Å². The Morgan fingerprint density at radius 2 is 1.84 bits per heavy atom. The van der Waals surface area contributed by atoms with Gasteiger partial charge in [0.25, 0.3) is 5.91 Å². The predicted molar refractivity (Wildman–Crippen MR) is 120 cm³/mol. The maximum absolute atomic E-state index is 13.6. The van der Waals surface area contributed by atoms with Crippen molar-refractivity contribution in [2.45, 2.75) is 13.0 Å². The third kappa shape index (κ3) is 5.37. The van der Waals surface area contributed by atoms with E-state index in [0.717, 1.165) is 11.1 Å². The molecule has 0 aliphatic carbocycles. The van der Waals surface area contributed by atoms with Crippen molar-refractivity contribution in [2.75, 3.05) is 13.2 Å². The maximum Gasteiger partial charge on any atom is 0.255 e. The molecule has 6 nitrogen and oxygen atoms in total. The summed E-state index contributed by atoms with van der Waals surface area (Å²) in [7, 11) is 0. The zero-order chi connectivity index (χ0) is 22.2. The van der Waals surface area contributed by atoms with Gasteiger partial charge in [-0.2, -0.15) is 5.10 Å². The number of nitrogens with zero attached hydrogens (tertiary/aromatic N) is 3. The fourth-order valence-electron chi connectivity index (χ4n) is 3.27. The van der Waals surface area contributed by atoms with E-state index in [0.29, 0.717) is 37.4 Å². The number of nitrogens with one attached hydrogen (secondary N) is 1. The average Bonchev–Trinajstić information content (AvgIpc) is 3.25. The molecule has 0 saturated carbocycles. The summed E-state index contributed by atoms with van der Waals surface area (Å²) in [5.74, 6) is -0.419. The molecule has 162 valence electrons. The molecule has 7 heteroatoms. The second-order valence-corrected chi connectivity index (χ2v) is 7.20. The third-order valence-corrected chi connectivity index (χ3v) is 4.83. The first-order valence-corrected chi connectivity index (χ1v) is 10.4. The number of hydrogen-bond donors (Lipinski definition) is 1. The molecule has 0 bridgehead atoms. The highest BCUT2D eigenvalue weighted by molar-refractivity contribution is 5.99. The van der Waals surface area contributed by atoms with Crippen LogP contribution in [-0.2, 0) is 6.54 Å². The molecule has 32 heavy (non-hydrogen) atoms. The van der Waals surface area contributed by atoms with Crippen LogP contribution in [0.2, 0.25) is 0 Å². The van der Waals surface area contributed by atoms with Gasteiger partial charge in [0.1, 0.15) is 5.69 Å². The Morgan fingerprint density at radius 3 is 2.62 bits per heavy atom. The van der Waals surface area contributed by atoms with Crippen LogP contribution in [0.5, 0.6) is 5.75 Å². The molecule has 0 atom stereocenters. The Kier molecular flexibility index (Phi) is 6.87. The van der Waals surface area contributed by atoms with Gasteiger partial charge in [-0.1, -0.05) is 42.5 Å². The van der Waals surface area contributed by atoms with Gasteiger partial charge in [0, 0.05) is 30.7 Å². The van der Waals surface area contributed by atoms with Gasteiger partial charge in [-0.3, -0.25) is 14.5 Å². The number of carbonyl (C=O) groups is 1. The van der Waals surface area contributed by atoms with Crippen LogP contribution in [0.4, 0.5) is 4.39 Å². The number of para-hydroxylation sites is 1. The van der Waals surface area contributed by atoms with Crippen molar-refractivity contribution in [1.29, 1.82) is 0 Å². The quantitative estimate of drug-likeness (QED) is 0.401. The molecule has 1 amide bonds. The zero-order valence-corrected chi connectivity index (χ0v) is 17.4. The van der Waals surface area contributed by atoms with Gasteiger partial charge in [0.05, 0.1) is 18.7 Å². The Hall–Kier alpha value is -4.00. The second-order valence-electron chi connectivity index (χ2n) is 7.20. The zero-order valence-electron chi connectivity index (χ0n) is 17.4. The first kappa shape index (κ1) is 21.2. The van der Waals surface area contributed by atoms with E-state index in [1.807, 2.05) is 42.5 Å². The van der Waals surface area contributed by atoms with Crippen molar-refractivity contribution >= 4 is 5.91 Å². The molecular weight excluding hydrogens is 407 g/mol. The van der Waals surface area contributed by atoms with Gasteiger partial charge in [0.2, 0.25) is 0 Å². The normalized spacial score (nSPS) is 10.7. The van der Waals surface area contributed by atoms with E-state index >= 15 is 0 Å². The van der Waals surface area contributed by atoms with E-state index < -0.39 is 5.82 Å². The number of benzene rings is 2. The molecule has 1 N–H and O–H groups in total. The monoisotopic (exact) mass is 430 g/mol. The van der Waals surface area contributed by atoms with Crippen LogP contribution in [0.25, 0.3) is 11.3 Å². The Labute approximate surface area is 185 Å². The molecule has 0 spiro atoms. The predicted octanol–water partition coefficient (Wildman–Crippen LogP) is 4.33.